The van der Waals surface area contributed by atoms with Gasteiger partial charge >= 0.3 is 6.03 Å². The summed E-state index contributed by atoms with van der Waals surface area (Å²) in [5.74, 6) is -0.491. The van der Waals surface area contributed by atoms with Gasteiger partial charge in [0.25, 0.3) is 5.91 Å². The molecule has 2 aromatic carbocycles. The lowest BCUT2D eigenvalue weighted by atomic mass is 10.1. The molecule has 0 aliphatic carbocycles. The van der Waals surface area contributed by atoms with Crippen LogP contribution in [0.2, 0.25) is 5.02 Å². The summed E-state index contributed by atoms with van der Waals surface area (Å²) >= 11 is 5.93. The second-order valence-corrected chi connectivity index (χ2v) is 5.43. The molecular weight excluding hydrogens is 332 g/mol. The highest BCUT2D eigenvalue weighted by atomic mass is 35.5. The summed E-state index contributed by atoms with van der Waals surface area (Å²) in [6.45, 7) is 0. The summed E-state index contributed by atoms with van der Waals surface area (Å²) in [7, 11) is 1.39. The van der Waals surface area contributed by atoms with E-state index in [1.807, 2.05) is 0 Å². The molecule has 6 nitrogen and oxygen atoms in total. The number of ether oxygens (including phenoxy) is 1. The first-order chi connectivity index (χ1) is 11.5. The van der Waals surface area contributed by atoms with E-state index in [0.29, 0.717) is 11.3 Å². The number of para-hydroxylation sites is 1. The average Bonchev–Trinajstić information content (AvgIpc) is 2.85. The molecule has 0 bridgehead atoms. The number of carbonyl (C=O) groups is 2. The number of hydrogen-bond donors (Lipinski definition) is 2. The third-order valence-corrected chi connectivity index (χ3v) is 3.76. The van der Waals surface area contributed by atoms with Crippen molar-refractivity contribution in [1.29, 1.82) is 0 Å². The van der Waals surface area contributed by atoms with E-state index in [4.69, 9.17) is 16.3 Å². The molecule has 0 saturated carbocycles. The Morgan fingerprint density at radius 1 is 1.21 bits per heavy atom. The van der Waals surface area contributed by atoms with Crippen molar-refractivity contribution in [2.24, 2.45) is 0 Å². The van der Waals surface area contributed by atoms with Crippen molar-refractivity contribution in [2.45, 2.75) is 0 Å². The Bertz CT molecular complexity index is 849. The number of rotatable bonds is 3. The maximum atomic E-state index is 12.5. The molecular formula is C17H13ClN2O4. The number of nitrogens with one attached hydrogen (secondary N) is 1. The van der Waals surface area contributed by atoms with Gasteiger partial charge in [0.15, 0.2) is 11.5 Å². The lowest BCUT2D eigenvalue weighted by Crippen LogP contribution is -2.30. The standard InChI is InChI=1S/C17H13ClN2O4/c1-24-14-9-10(7-12(18)15(14)21)8-13-16(22)20(17(23)19-13)11-5-3-2-4-6-11/h2-9,21H,1H3,(H,19,23)/b13-8+. The first-order valence-electron chi connectivity index (χ1n) is 7.00. The van der Waals surface area contributed by atoms with E-state index in [0.717, 1.165) is 4.90 Å². The van der Waals surface area contributed by atoms with Crippen LogP contribution in [0.15, 0.2) is 48.2 Å². The van der Waals surface area contributed by atoms with E-state index in [1.54, 1.807) is 30.3 Å². The van der Waals surface area contributed by atoms with E-state index in [-0.39, 0.29) is 22.2 Å². The number of nitrogens with zero attached hydrogens (tertiary/aromatic N) is 1. The first-order valence-corrected chi connectivity index (χ1v) is 7.37. The van der Waals surface area contributed by atoms with Gasteiger partial charge in [-0.05, 0) is 35.9 Å². The zero-order chi connectivity index (χ0) is 17.3. The predicted molar refractivity (Wildman–Crippen MR) is 90.1 cm³/mol. The highest BCUT2D eigenvalue weighted by Crippen LogP contribution is 2.35. The van der Waals surface area contributed by atoms with E-state index in [9.17, 15) is 14.7 Å². The summed E-state index contributed by atoms with van der Waals surface area (Å²) < 4.78 is 5.02. The second kappa shape index (κ2) is 6.25. The Morgan fingerprint density at radius 3 is 2.58 bits per heavy atom. The molecule has 0 atom stereocenters. The van der Waals surface area contributed by atoms with Crippen LogP contribution in [0.4, 0.5) is 10.5 Å². The molecule has 0 unspecified atom stereocenters. The average molecular weight is 345 g/mol. The topological polar surface area (TPSA) is 78.9 Å². The van der Waals surface area contributed by atoms with Crippen molar-refractivity contribution in [3.05, 3.63) is 58.7 Å². The van der Waals surface area contributed by atoms with Crippen LogP contribution in [0.25, 0.3) is 6.08 Å². The maximum Gasteiger partial charge on any atom is 0.333 e. The fourth-order valence-corrected chi connectivity index (χ4v) is 2.57. The number of aromatic hydroxyl groups is 1. The van der Waals surface area contributed by atoms with Gasteiger partial charge < -0.3 is 15.2 Å². The number of halogens is 1. The van der Waals surface area contributed by atoms with Crippen molar-refractivity contribution in [3.63, 3.8) is 0 Å². The van der Waals surface area contributed by atoms with Gasteiger partial charge in [-0.1, -0.05) is 29.8 Å². The molecule has 3 rings (SSSR count). The molecule has 1 aliphatic heterocycles. The summed E-state index contributed by atoms with van der Waals surface area (Å²) in [5, 5.41) is 12.4. The van der Waals surface area contributed by atoms with Gasteiger partial charge in [-0.2, -0.15) is 0 Å². The van der Waals surface area contributed by atoms with Crippen molar-refractivity contribution < 1.29 is 19.4 Å². The molecule has 1 aliphatic rings. The van der Waals surface area contributed by atoms with Crippen molar-refractivity contribution in [3.8, 4) is 11.5 Å². The number of anilines is 1. The van der Waals surface area contributed by atoms with Gasteiger partial charge in [-0.15, -0.1) is 0 Å². The van der Waals surface area contributed by atoms with Gasteiger partial charge in [0, 0.05) is 0 Å². The summed E-state index contributed by atoms with van der Waals surface area (Å²) in [6.07, 6.45) is 1.47. The number of imide groups is 1. The van der Waals surface area contributed by atoms with Gasteiger partial charge in [0.1, 0.15) is 5.70 Å². The summed E-state index contributed by atoms with van der Waals surface area (Å²) in [4.78, 5) is 25.6. The van der Waals surface area contributed by atoms with Gasteiger partial charge in [-0.25, -0.2) is 9.69 Å². The second-order valence-electron chi connectivity index (χ2n) is 5.02. The quantitative estimate of drug-likeness (QED) is 0.662. The molecule has 1 saturated heterocycles. The molecule has 0 spiro atoms. The van der Waals surface area contributed by atoms with Crippen LogP contribution in [0.3, 0.4) is 0 Å². The fourth-order valence-electron chi connectivity index (χ4n) is 2.35. The van der Waals surface area contributed by atoms with Crippen LogP contribution in [0.1, 0.15) is 5.56 Å². The van der Waals surface area contributed by atoms with E-state index in [1.165, 1.54) is 25.3 Å². The summed E-state index contributed by atoms with van der Waals surface area (Å²) in [5.41, 5.74) is 1.09. The largest absolute Gasteiger partial charge is 0.503 e. The Hall–Kier alpha value is -2.99. The number of hydrogen-bond acceptors (Lipinski definition) is 4. The molecule has 24 heavy (non-hydrogen) atoms. The lowest BCUT2D eigenvalue weighted by Gasteiger charge is -2.11. The molecule has 1 heterocycles. The minimum absolute atomic E-state index is 0.0814. The van der Waals surface area contributed by atoms with Gasteiger partial charge in [0.05, 0.1) is 17.8 Å². The van der Waals surface area contributed by atoms with E-state index < -0.39 is 11.9 Å². The lowest BCUT2D eigenvalue weighted by molar-refractivity contribution is -0.113. The molecule has 2 aromatic rings. The minimum atomic E-state index is -0.533. The monoisotopic (exact) mass is 344 g/mol. The Kier molecular flexibility index (Phi) is 4.14. The zero-order valence-corrected chi connectivity index (χ0v) is 13.4. The molecule has 2 N–H and O–H groups in total. The third-order valence-electron chi connectivity index (χ3n) is 3.47. The predicted octanol–water partition coefficient (Wildman–Crippen LogP) is 3.15. The third kappa shape index (κ3) is 2.79. The van der Waals surface area contributed by atoms with Crippen LogP contribution >= 0.6 is 11.6 Å². The smallest absolute Gasteiger partial charge is 0.333 e. The fraction of sp³-hybridized carbons (Fsp3) is 0.0588. The first kappa shape index (κ1) is 15.9. The SMILES string of the molecule is COc1cc(/C=C2/NC(=O)N(c3ccccc3)C2=O)cc(Cl)c1O. The number of phenolic OH excluding ortho intramolecular Hbond substituents is 1. The van der Waals surface area contributed by atoms with E-state index >= 15 is 0 Å². The van der Waals surface area contributed by atoms with Crippen LogP contribution in [0, 0.1) is 0 Å². The molecule has 122 valence electrons. The van der Waals surface area contributed by atoms with Crippen molar-refractivity contribution in [2.75, 3.05) is 12.0 Å². The maximum absolute atomic E-state index is 12.5. The molecule has 0 radical (unpaired) electrons. The van der Waals surface area contributed by atoms with E-state index in [2.05, 4.69) is 5.32 Å². The van der Waals surface area contributed by atoms with Crippen molar-refractivity contribution in [1.82, 2.24) is 5.32 Å². The Morgan fingerprint density at radius 2 is 1.92 bits per heavy atom. The minimum Gasteiger partial charge on any atom is -0.503 e. The van der Waals surface area contributed by atoms with Crippen molar-refractivity contribution >= 4 is 35.3 Å². The number of benzene rings is 2. The van der Waals surface area contributed by atoms with Crippen LogP contribution in [-0.4, -0.2) is 24.2 Å². The Balaban J connectivity index is 1.97. The molecule has 0 aromatic heterocycles. The normalized spacial score (nSPS) is 15.8. The highest BCUT2D eigenvalue weighted by molar-refractivity contribution is 6.32. The van der Waals surface area contributed by atoms with Crippen LogP contribution in [-0.2, 0) is 4.79 Å². The number of phenols is 1. The zero-order valence-electron chi connectivity index (χ0n) is 12.6. The summed E-state index contributed by atoms with van der Waals surface area (Å²) in [6, 6.07) is 11.1. The highest BCUT2D eigenvalue weighted by Gasteiger charge is 2.34. The van der Waals surface area contributed by atoms with Gasteiger partial charge in [0.2, 0.25) is 0 Å². The molecule has 1 fully saturated rings. The molecule has 3 amide bonds. The molecule has 7 heteroatoms. The number of carbonyl (C=O) groups excluding carboxylic acids is 2. The number of amides is 3. The van der Waals surface area contributed by atoms with Crippen LogP contribution in [0.5, 0.6) is 11.5 Å². The van der Waals surface area contributed by atoms with Crippen LogP contribution < -0.4 is 15.0 Å². The number of urea groups is 1. The number of methoxy groups -OCH3 is 1. The van der Waals surface area contributed by atoms with Gasteiger partial charge in [-0.3, -0.25) is 4.79 Å². The Labute approximate surface area is 142 Å².